The van der Waals surface area contributed by atoms with Crippen LogP contribution in [0.5, 0.6) is 11.5 Å². The third-order valence-corrected chi connectivity index (χ3v) is 3.73. The molecule has 0 bridgehead atoms. The molecule has 6 nitrogen and oxygen atoms in total. The first-order valence-electron chi connectivity index (χ1n) is 7.11. The molecule has 0 saturated heterocycles. The van der Waals surface area contributed by atoms with Gasteiger partial charge in [0.25, 0.3) is 0 Å². The van der Waals surface area contributed by atoms with Crippen LogP contribution in [-0.2, 0) is 9.47 Å². The van der Waals surface area contributed by atoms with Crippen molar-refractivity contribution in [1.82, 2.24) is 0 Å². The lowest BCUT2D eigenvalue weighted by molar-refractivity contribution is 0.120. The topological polar surface area (TPSA) is 71.1 Å². The molecule has 0 heterocycles. The molecule has 2 rings (SSSR count). The Bertz CT molecular complexity index is 783. The summed E-state index contributed by atoms with van der Waals surface area (Å²) in [5.41, 5.74) is 1.81. The molecule has 2 aromatic carbocycles. The molecule has 0 unspecified atom stereocenters. The summed E-state index contributed by atoms with van der Waals surface area (Å²) in [6.07, 6.45) is 2.25. The summed E-state index contributed by atoms with van der Waals surface area (Å²) >= 11 is 3.42. The number of hydrogen-bond donors (Lipinski definition) is 0. The van der Waals surface area contributed by atoms with E-state index in [1.54, 1.807) is 42.5 Å². The van der Waals surface area contributed by atoms with Crippen LogP contribution in [0.4, 0.5) is 9.59 Å². The standard InChI is InChI=1S/C18H15BrO6/c1-22-17(20)24-14-8-4-12(5-9-14)3-6-13-7-10-15(11-16(13)19)25-18(21)23-2/h3-11H,1-2H3/b6-3-. The van der Waals surface area contributed by atoms with Gasteiger partial charge >= 0.3 is 12.3 Å². The minimum Gasteiger partial charge on any atom is -0.437 e. The van der Waals surface area contributed by atoms with Gasteiger partial charge in [0, 0.05) is 4.47 Å². The maximum Gasteiger partial charge on any atom is 0.513 e. The fourth-order valence-electron chi connectivity index (χ4n) is 1.82. The predicted octanol–water partition coefficient (Wildman–Crippen LogP) is 4.91. The Kier molecular flexibility index (Phi) is 6.59. The minimum atomic E-state index is -0.774. The fraction of sp³-hybridized carbons (Fsp3) is 0.111. The molecule has 25 heavy (non-hydrogen) atoms. The van der Waals surface area contributed by atoms with E-state index in [1.807, 2.05) is 12.2 Å². The zero-order chi connectivity index (χ0) is 18.2. The molecule has 130 valence electrons. The van der Waals surface area contributed by atoms with Crippen LogP contribution in [0.15, 0.2) is 46.9 Å². The van der Waals surface area contributed by atoms with Crippen LogP contribution in [0, 0.1) is 0 Å². The molecule has 0 radical (unpaired) electrons. The Morgan fingerprint density at radius 1 is 0.840 bits per heavy atom. The first-order chi connectivity index (χ1) is 12.0. The number of benzene rings is 2. The van der Waals surface area contributed by atoms with Gasteiger partial charge in [0.2, 0.25) is 0 Å². The number of hydrogen-bond acceptors (Lipinski definition) is 6. The summed E-state index contributed by atoms with van der Waals surface area (Å²) < 4.78 is 19.5. The van der Waals surface area contributed by atoms with Gasteiger partial charge in [-0.1, -0.05) is 46.3 Å². The normalized spacial score (nSPS) is 10.4. The van der Waals surface area contributed by atoms with Crippen LogP contribution in [-0.4, -0.2) is 26.5 Å². The van der Waals surface area contributed by atoms with E-state index in [0.29, 0.717) is 11.5 Å². The Labute approximate surface area is 153 Å². The molecule has 0 aliphatic heterocycles. The van der Waals surface area contributed by atoms with E-state index in [2.05, 4.69) is 25.4 Å². The monoisotopic (exact) mass is 406 g/mol. The Balaban J connectivity index is 2.06. The Morgan fingerprint density at radius 3 is 1.96 bits per heavy atom. The number of ether oxygens (including phenoxy) is 4. The van der Waals surface area contributed by atoms with E-state index in [4.69, 9.17) is 9.47 Å². The van der Waals surface area contributed by atoms with Crippen LogP contribution in [0.25, 0.3) is 12.2 Å². The van der Waals surface area contributed by atoms with Gasteiger partial charge in [0.05, 0.1) is 14.2 Å². The molecule has 0 aromatic heterocycles. The van der Waals surface area contributed by atoms with Crippen molar-refractivity contribution in [3.8, 4) is 11.5 Å². The van der Waals surface area contributed by atoms with Crippen molar-refractivity contribution >= 4 is 40.4 Å². The lowest BCUT2D eigenvalue weighted by Crippen LogP contribution is -2.07. The number of rotatable bonds is 4. The highest BCUT2D eigenvalue weighted by atomic mass is 79.9. The quantitative estimate of drug-likeness (QED) is 0.408. The smallest absolute Gasteiger partial charge is 0.437 e. The van der Waals surface area contributed by atoms with Crippen molar-refractivity contribution in [1.29, 1.82) is 0 Å². The number of halogens is 1. The molecule has 0 fully saturated rings. The van der Waals surface area contributed by atoms with Crippen molar-refractivity contribution in [3.05, 3.63) is 58.1 Å². The third kappa shape index (κ3) is 5.65. The number of carbonyl (C=O) groups excluding carboxylic acids is 2. The van der Waals surface area contributed by atoms with Crippen molar-refractivity contribution in [2.45, 2.75) is 0 Å². The van der Waals surface area contributed by atoms with E-state index in [0.717, 1.165) is 15.6 Å². The van der Waals surface area contributed by atoms with Gasteiger partial charge in [-0.25, -0.2) is 9.59 Å². The second kappa shape index (κ2) is 8.89. The van der Waals surface area contributed by atoms with E-state index in [9.17, 15) is 9.59 Å². The van der Waals surface area contributed by atoms with Gasteiger partial charge in [-0.15, -0.1) is 0 Å². The van der Waals surface area contributed by atoms with Gasteiger partial charge in [-0.05, 0) is 35.4 Å². The summed E-state index contributed by atoms with van der Waals surface area (Å²) in [4.78, 5) is 22.1. The lowest BCUT2D eigenvalue weighted by atomic mass is 10.1. The van der Waals surface area contributed by atoms with Gasteiger partial charge in [0.15, 0.2) is 0 Å². The largest absolute Gasteiger partial charge is 0.513 e. The molecule has 2 aromatic rings. The average molecular weight is 407 g/mol. The molecule has 0 atom stereocenters. The second-order valence-corrected chi connectivity index (χ2v) is 5.55. The van der Waals surface area contributed by atoms with Gasteiger partial charge < -0.3 is 18.9 Å². The maximum absolute atomic E-state index is 11.1. The highest BCUT2D eigenvalue weighted by Gasteiger charge is 2.06. The first kappa shape index (κ1) is 18.5. The highest BCUT2D eigenvalue weighted by molar-refractivity contribution is 9.10. The summed E-state index contributed by atoms with van der Waals surface area (Å²) in [6, 6.07) is 12.1. The third-order valence-electron chi connectivity index (χ3n) is 3.04. The zero-order valence-corrected chi connectivity index (χ0v) is 15.1. The summed E-state index contributed by atoms with van der Waals surface area (Å²) in [6.45, 7) is 0. The minimum absolute atomic E-state index is 0.375. The predicted molar refractivity (Wildman–Crippen MR) is 95.6 cm³/mol. The Morgan fingerprint density at radius 2 is 1.40 bits per heavy atom. The molecule has 0 aliphatic rings. The lowest BCUT2D eigenvalue weighted by Gasteiger charge is -2.05. The average Bonchev–Trinajstić information content (AvgIpc) is 2.62. The van der Waals surface area contributed by atoms with Crippen LogP contribution in [0.3, 0.4) is 0 Å². The van der Waals surface area contributed by atoms with Crippen LogP contribution in [0.2, 0.25) is 0 Å². The number of carbonyl (C=O) groups is 2. The first-order valence-corrected chi connectivity index (χ1v) is 7.90. The van der Waals surface area contributed by atoms with Crippen molar-refractivity contribution in [2.75, 3.05) is 14.2 Å². The van der Waals surface area contributed by atoms with E-state index < -0.39 is 12.3 Å². The van der Waals surface area contributed by atoms with Crippen LogP contribution >= 0.6 is 15.9 Å². The van der Waals surface area contributed by atoms with Crippen LogP contribution in [0.1, 0.15) is 11.1 Å². The zero-order valence-electron chi connectivity index (χ0n) is 13.5. The molecule has 0 saturated carbocycles. The van der Waals surface area contributed by atoms with Gasteiger partial charge in [-0.2, -0.15) is 0 Å². The van der Waals surface area contributed by atoms with Crippen molar-refractivity contribution in [2.24, 2.45) is 0 Å². The Hall–Kier alpha value is -2.80. The summed E-state index contributed by atoms with van der Waals surface area (Å²) in [7, 11) is 2.49. The molecular formula is C18H15BrO6. The fourth-order valence-corrected chi connectivity index (χ4v) is 2.31. The molecular weight excluding hydrogens is 392 g/mol. The molecule has 0 N–H and O–H groups in total. The highest BCUT2D eigenvalue weighted by Crippen LogP contribution is 2.25. The second-order valence-electron chi connectivity index (χ2n) is 4.70. The maximum atomic E-state index is 11.1. The molecule has 7 heteroatoms. The van der Waals surface area contributed by atoms with E-state index in [-0.39, 0.29) is 0 Å². The van der Waals surface area contributed by atoms with Crippen LogP contribution < -0.4 is 9.47 Å². The van der Waals surface area contributed by atoms with E-state index >= 15 is 0 Å². The van der Waals surface area contributed by atoms with Gasteiger partial charge in [-0.3, -0.25) is 0 Å². The van der Waals surface area contributed by atoms with Gasteiger partial charge in [0.1, 0.15) is 11.5 Å². The number of methoxy groups -OCH3 is 2. The molecule has 0 spiro atoms. The summed E-state index contributed by atoms with van der Waals surface area (Å²) in [5.74, 6) is 0.773. The van der Waals surface area contributed by atoms with Crippen molar-refractivity contribution in [3.63, 3.8) is 0 Å². The van der Waals surface area contributed by atoms with Crippen molar-refractivity contribution < 1.29 is 28.5 Å². The van der Waals surface area contributed by atoms with E-state index in [1.165, 1.54) is 14.2 Å². The molecule has 0 amide bonds. The molecule has 0 aliphatic carbocycles. The summed E-state index contributed by atoms with van der Waals surface area (Å²) in [5, 5.41) is 0. The SMILES string of the molecule is COC(=O)Oc1ccc(/C=C\c2ccc(OC(=O)OC)cc2Br)cc1.